The molecular weight excluding hydrogens is 383 g/mol. The second-order valence-corrected chi connectivity index (χ2v) is 8.34. The highest BCUT2D eigenvalue weighted by molar-refractivity contribution is 6.30. The summed E-state index contributed by atoms with van der Waals surface area (Å²) >= 11 is 5.63. The van der Waals surface area contributed by atoms with Crippen LogP contribution in [0.25, 0.3) is 0 Å². The van der Waals surface area contributed by atoms with E-state index in [1.54, 1.807) is 6.20 Å². The number of hydrogen-bond donors (Lipinski definition) is 1. The average Bonchev–Trinajstić information content (AvgIpc) is 2.60. The van der Waals surface area contributed by atoms with Gasteiger partial charge in [-0.15, -0.1) is 0 Å². The summed E-state index contributed by atoms with van der Waals surface area (Å²) in [6.07, 6.45) is 4.80. The molecule has 0 aliphatic heterocycles. The Morgan fingerprint density at radius 1 is 1.21 bits per heavy atom. The third-order valence-electron chi connectivity index (χ3n) is 5.48. The predicted octanol–water partition coefficient (Wildman–Crippen LogP) is 3.49. The van der Waals surface area contributed by atoms with E-state index in [1.807, 2.05) is 18.2 Å². The number of carbonyl (C=O) groups excluding carboxylic acids is 2. The molecule has 3 aliphatic carbocycles. The van der Waals surface area contributed by atoms with Crippen LogP contribution < -0.4 is 10.1 Å². The Labute approximate surface area is 167 Å². The first-order valence-corrected chi connectivity index (χ1v) is 9.55. The van der Waals surface area contributed by atoms with Crippen molar-refractivity contribution in [1.29, 1.82) is 0 Å². The van der Waals surface area contributed by atoms with Crippen LogP contribution in [0, 0.1) is 11.2 Å². The fourth-order valence-electron chi connectivity index (χ4n) is 4.53. The van der Waals surface area contributed by atoms with E-state index in [9.17, 15) is 14.0 Å². The maximum Gasteiger partial charge on any atom is 0.226 e. The number of nitrogens with one attached hydrogen (secondary N) is 1. The van der Waals surface area contributed by atoms with Crippen LogP contribution in [0.2, 0.25) is 5.02 Å². The minimum absolute atomic E-state index is 0.0166. The molecule has 3 fully saturated rings. The molecule has 1 heterocycles. The van der Waals surface area contributed by atoms with Gasteiger partial charge in [0, 0.05) is 29.9 Å². The van der Waals surface area contributed by atoms with Crippen molar-refractivity contribution in [2.75, 3.05) is 6.61 Å². The summed E-state index contributed by atoms with van der Waals surface area (Å²) < 4.78 is 18.8. The van der Waals surface area contributed by atoms with Crippen LogP contribution in [-0.2, 0) is 16.0 Å². The van der Waals surface area contributed by atoms with Gasteiger partial charge in [-0.3, -0.25) is 14.6 Å². The summed E-state index contributed by atoms with van der Waals surface area (Å²) in [6.45, 7) is -0.0954. The maximum atomic E-state index is 13.4. The van der Waals surface area contributed by atoms with Crippen molar-refractivity contribution in [3.63, 3.8) is 0 Å². The van der Waals surface area contributed by atoms with E-state index >= 15 is 0 Å². The lowest BCUT2D eigenvalue weighted by molar-refractivity contribution is -0.172. The van der Waals surface area contributed by atoms with Crippen LogP contribution in [-0.4, -0.2) is 28.8 Å². The van der Waals surface area contributed by atoms with E-state index in [0.717, 1.165) is 25.0 Å². The van der Waals surface area contributed by atoms with Crippen molar-refractivity contribution in [1.82, 2.24) is 10.3 Å². The molecule has 1 aromatic heterocycles. The second-order valence-electron chi connectivity index (χ2n) is 7.94. The molecule has 5 nitrogen and oxygen atoms in total. The summed E-state index contributed by atoms with van der Waals surface area (Å²) in [5.41, 5.74) is 0.559. The molecule has 1 N–H and O–H groups in total. The average molecular weight is 403 g/mol. The predicted molar refractivity (Wildman–Crippen MR) is 102 cm³/mol. The number of amides is 1. The minimum Gasteiger partial charge on any atom is -0.486 e. The number of pyridine rings is 1. The van der Waals surface area contributed by atoms with Crippen molar-refractivity contribution in [3.05, 3.63) is 59.1 Å². The molecule has 28 heavy (non-hydrogen) atoms. The van der Waals surface area contributed by atoms with E-state index in [4.69, 9.17) is 16.3 Å². The first-order chi connectivity index (χ1) is 13.4. The monoisotopic (exact) mass is 402 g/mol. The molecule has 0 spiro atoms. The zero-order valence-electron chi connectivity index (χ0n) is 15.2. The fraction of sp³-hybridized carbons (Fsp3) is 0.381. The Hall–Kier alpha value is -2.47. The first kappa shape index (κ1) is 18.9. The van der Waals surface area contributed by atoms with E-state index in [-0.39, 0.29) is 46.4 Å². The molecule has 7 heteroatoms. The third kappa shape index (κ3) is 3.87. The maximum absolute atomic E-state index is 13.4. The largest absolute Gasteiger partial charge is 0.486 e. The van der Waals surface area contributed by atoms with E-state index < -0.39 is 5.82 Å². The van der Waals surface area contributed by atoms with Gasteiger partial charge in [-0.2, -0.15) is 0 Å². The molecule has 0 saturated heterocycles. The molecular formula is C21H20ClFN2O3. The van der Waals surface area contributed by atoms with Gasteiger partial charge in [0.05, 0.1) is 11.4 Å². The van der Waals surface area contributed by atoms with E-state index in [0.29, 0.717) is 6.42 Å². The lowest BCUT2D eigenvalue weighted by atomic mass is 9.38. The van der Waals surface area contributed by atoms with Gasteiger partial charge in [0.25, 0.3) is 0 Å². The number of ketones is 1. The number of benzene rings is 1. The molecule has 2 aromatic rings. The van der Waals surface area contributed by atoms with Crippen molar-refractivity contribution in [2.45, 2.75) is 37.6 Å². The summed E-state index contributed by atoms with van der Waals surface area (Å²) in [5, 5.41) is 3.12. The molecule has 1 amide bonds. The highest BCUT2D eigenvalue weighted by Crippen LogP contribution is 2.69. The quantitative estimate of drug-likeness (QED) is 0.733. The van der Waals surface area contributed by atoms with Crippen LogP contribution >= 0.6 is 11.6 Å². The van der Waals surface area contributed by atoms with Gasteiger partial charge in [0.15, 0.2) is 5.78 Å². The van der Waals surface area contributed by atoms with Gasteiger partial charge in [0.1, 0.15) is 18.2 Å². The van der Waals surface area contributed by atoms with Gasteiger partial charge in [0.2, 0.25) is 5.91 Å². The summed E-state index contributed by atoms with van der Waals surface area (Å²) in [5.74, 6) is -0.351. The van der Waals surface area contributed by atoms with Gasteiger partial charge in [-0.25, -0.2) is 4.39 Å². The zero-order valence-corrected chi connectivity index (χ0v) is 16.0. The molecule has 0 unspecified atom stereocenters. The molecule has 0 radical (unpaired) electrons. The molecule has 3 saturated carbocycles. The Morgan fingerprint density at radius 2 is 2.00 bits per heavy atom. The summed E-state index contributed by atoms with van der Waals surface area (Å²) in [7, 11) is 0. The number of carbonyl (C=O) groups is 2. The molecule has 2 bridgehead atoms. The molecule has 1 aromatic carbocycles. The number of rotatable bonds is 8. The molecule has 0 atom stereocenters. The van der Waals surface area contributed by atoms with E-state index in [2.05, 4.69) is 10.3 Å². The number of ether oxygens (including phenoxy) is 1. The first-order valence-electron chi connectivity index (χ1n) is 9.18. The summed E-state index contributed by atoms with van der Waals surface area (Å²) in [4.78, 5) is 28.6. The Balaban J connectivity index is 1.20. The highest BCUT2D eigenvalue weighted by atomic mass is 35.5. The third-order valence-corrected chi connectivity index (χ3v) is 5.78. The van der Waals surface area contributed by atoms with Crippen molar-refractivity contribution < 1.29 is 18.7 Å². The number of aromatic nitrogens is 1. The van der Waals surface area contributed by atoms with Gasteiger partial charge in [-0.1, -0.05) is 17.7 Å². The normalized spacial score (nSPS) is 24.6. The lowest BCUT2D eigenvalue weighted by Gasteiger charge is -2.70. The van der Waals surface area contributed by atoms with Crippen LogP contribution in [0.4, 0.5) is 4.39 Å². The Morgan fingerprint density at radius 3 is 2.68 bits per heavy atom. The zero-order chi connectivity index (χ0) is 19.8. The van der Waals surface area contributed by atoms with Gasteiger partial charge < -0.3 is 10.1 Å². The SMILES string of the molecule is O=C(COc1ccc(Cl)c(F)c1)CC12CC(NC(=O)Cc3ccccn3)(C1)C2. The smallest absolute Gasteiger partial charge is 0.226 e. The highest BCUT2D eigenvalue weighted by Gasteiger charge is 2.68. The molecule has 146 valence electrons. The number of Topliss-reactive ketones (excluding diaryl/α,β-unsaturated/α-hetero) is 1. The minimum atomic E-state index is -0.575. The topological polar surface area (TPSA) is 68.3 Å². The number of halogens is 2. The van der Waals surface area contributed by atoms with Crippen LogP contribution in [0.15, 0.2) is 42.6 Å². The standard InChI is InChI=1S/C21H20ClFN2O3/c22-17-5-4-16(8-18(17)23)28-10-15(26)9-20-11-21(12-20,13-20)25-19(27)7-14-3-1-2-6-24-14/h1-6,8H,7,9-13H2,(H,25,27). The Kier molecular flexibility index (Phi) is 4.83. The van der Waals surface area contributed by atoms with Gasteiger partial charge in [-0.05, 0) is 48.9 Å². The van der Waals surface area contributed by atoms with Crippen LogP contribution in [0.1, 0.15) is 31.4 Å². The van der Waals surface area contributed by atoms with Gasteiger partial charge >= 0.3 is 0 Å². The number of nitrogens with zero attached hydrogens (tertiary/aromatic N) is 1. The lowest BCUT2D eigenvalue weighted by Crippen LogP contribution is -2.75. The fourth-order valence-corrected chi connectivity index (χ4v) is 4.64. The Bertz CT molecular complexity index is 899. The molecule has 3 aliphatic rings. The molecule has 5 rings (SSSR count). The van der Waals surface area contributed by atoms with Crippen molar-refractivity contribution in [2.24, 2.45) is 5.41 Å². The van der Waals surface area contributed by atoms with Crippen LogP contribution in [0.3, 0.4) is 0 Å². The second kappa shape index (κ2) is 7.17. The summed E-state index contributed by atoms with van der Waals surface area (Å²) in [6, 6.07) is 9.60. The van der Waals surface area contributed by atoms with Crippen molar-refractivity contribution in [3.8, 4) is 5.75 Å². The van der Waals surface area contributed by atoms with Crippen molar-refractivity contribution >= 4 is 23.3 Å². The van der Waals surface area contributed by atoms with E-state index in [1.165, 1.54) is 18.2 Å². The number of hydrogen-bond acceptors (Lipinski definition) is 4. The van der Waals surface area contributed by atoms with Crippen LogP contribution in [0.5, 0.6) is 5.75 Å².